The van der Waals surface area contributed by atoms with Crippen LogP contribution in [-0.2, 0) is 0 Å². The average Bonchev–Trinajstić information content (AvgIpc) is 3.23. The number of hydrogen-bond acceptors (Lipinski definition) is 3. The highest BCUT2D eigenvalue weighted by atomic mass is 32.2. The molecule has 1 saturated carbocycles. The fraction of sp³-hybridized carbons (Fsp3) is 0.647. The molecule has 110 valence electrons. The largest absolute Gasteiger partial charge is 0.329 e. The molecule has 3 heteroatoms. The van der Waals surface area contributed by atoms with Crippen molar-refractivity contribution in [3.05, 3.63) is 35.4 Å². The molecular formula is C17H26N2S. The Bertz CT molecular complexity index is 448. The van der Waals surface area contributed by atoms with Crippen LogP contribution in [0.4, 0.5) is 0 Å². The second-order valence-electron chi connectivity index (χ2n) is 6.37. The maximum Gasteiger partial charge on any atom is 0.0474 e. The van der Waals surface area contributed by atoms with Crippen molar-refractivity contribution in [3.8, 4) is 0 Å². The van der Waals surface area contributed by atoms with Gasteiger partial charge in [-0.2, -0.15) is 11.8 Å². The Balaban J connectivity index is 1.85. The van der Waals surface area contributed by atoms with E-state index in [9.17, 15) is 0 Å². The summed E-state index contributed by atoms with van der Waals surface area (Å²) in [6, 6.07) is 9.39. The van der Waals surface area contributed by atoms with Crippen LogP contribution in [0.5, 0.6) is 0 Å². The first-order chi connectivity index (χ1) is 9.69. The third-order valence-corrected chi connectivity index (χ3v) is 5.71. The molecule has 2 N–H and O–H groups in total. The van der Waals surface area contributed by atoms with Gasteiger partial charge in [-0.3, -0.25) is 4.90 Å². The molecule has 20 heavy (non-hydrogen) atoms. The second kappa shape index (κ2) is 6.08. The second-order valence-corrected chi connectivity index (χ2v) is 8.25. The van der Waals surface area contributed by atoms with Gasteiger partial charge in [0.05, 0.1) is 0 Å². The van der Waals surface area contributed by atoms with E-state index in [-0.39, 0.29) is 0 Å². The number of rotatable bonds is 4. The fourth-order valence-corrected chi connectivity index (χ4v) is 4.87. The molecule has 3 rings (SSSR count). The minimum Gasteiger partial charge on any atom is -0.329 e. The van der Waals surface area contributed by atoms with Crippen LogP contribution in [0, 0.1) is 0 Å². The van der Waals surface area contributed by atoms with Crippen LogP contribution < -0.4 is 5.73 Å². The lowest BCUT2D eigenvalue weighted by atomic mass is 9.95. The predicted octanol–water partition coefficient (Wildman–Crippen LogP) is 3.39. The van der Waals surface area contributed by atoms with Gasteiger partial charge in [0.2, 0.25) is 0 Å². The van der Waals surface area contributed by atoms with Gasteiger partial charge in [0.15, 0.2) is 0 Å². The van der Waals surface area contributed by atoms with E-state index in [1.54, 1.807) is 5.56 Å². The molecule has 0 radical (unpaired) electrons. The standard InChI is InChI=1S/C17H26N2S/c1-12-10-19(11-13(2)20-12)17(9-18)16-6-4-3-5-15(16)14-7-8-14/h3-6,12-14,17H,7-11,18H2,1-2H3. The molecule has 1 aromatic rings. The van der Waals surface area contributed by atoms with Crippen molar-refractivity contribution >= 4 is 11.8 Å². The average molecular weight is 290 g/mol. The molecule has 0 aromatic heterocycles. The number of hydrogen-bond donors (Lipinski definition) is 1. The molecule has 3 atom stereocenters. The van der Waals surface area contributed by atoms with Gasteiger partial charge >= 0.3 is 0 Å². The van der Waals surface area contributed by atoms with Gasteiger partial charge in [0.25, 0.3) is 0 Å². The highest BCUT2D eigenvalue weighted by molar-refractivity contribution is 8.00. The highest BCUT2D eigenvalue weighted by Crippen LogP contribution is 2.44. The van der Waals surface area contributed by atoms with Gasteiger partial charge in [-0.05, 0) is 29.9 Å². The predicted molar refractivity (Wildman–Crippen MR) is 88.3 cm³/mol. The van der Waals surface area contributed by atoms with Crippen LogP contribution in [0.25, 0.3) is 0 Å². The Morgan fingerprint density at radius 3 is 2.45 bits per heavy atom. The monoisotopic (exact) mass is 290 g/mol. The lowest BCUT2D eigenvalue weighted by Gasteiger charge is -2.40. The summed E-state index contributed by atoms with van der Waals surface area (Å²) in [6.07, 6.45) is 2.72. The molecule has 1 saturated heterocycles. The molecule has 1 aromatic carbocycles. The zero-order valence-electron chi connectivity index (χ0n) is 12.6. The zero-order valence-corrected chi connectivity index (χ0v) is 13.4. The third kappa shape index (κ3) is 3.05. The molecular weight excluding hydrogens is 264 g/mol. The Morgan fingerprint density at radius 1 is 1.20 bits per heavy atom. The molecule has 3 unspecified atom stereocenters. The van der Waals surface area contributed by atoms with E-state index in [4.69, 9.17) is 5.73 Å². The molecule has 0 spiro atoms. The van der Waals surface area contributed by atoms with Crippen LogP contribution >= 0.6 is 11.8 Å². The normalized spacial score (nSPS) is 29.4. The minimum atomic E-state index is 0.401. The van der Waals surface area contributed by atoms with Crippen LogP contribution in [0.1, 0.15) is 49.8 Å². The minimum absolute atomic E-state index is 0.401. The number of nitrogens with two attached hydrogens (primary N) is 1. The van der Waals surface area contributed by atoms with E-state index in [1.807, 2.05) is 0 Å². The van der Waals surface area contributed by atoms with Crippen LogP contribution in [0.3, 0.4) is 0 Å². The topological polar surface area (TPSA) is 29.3 Å². The van der Waals surface area contributed by atoms with E-state index >= 15 is 0 Å². The zero-order chi connectivity index (χ0) is 14.1. The quantitative estimate of drug-likeness (QED) is 0.921. The fourth-order valence-electron chi connectivity index (χ4n) is 3.53. The highest BCUT2D eigenvalue weighted by Gasteiger charge is 2.32. The maximum absolute atomic E-state index is 6.17. The van der Waals surface area contributed by atoms with Crippen molar-refractivity contribution in [2.45, 2.75) is 49.1 Å². The molecule has 1 aliphatic heterocycles. The molecule has 0 bridgehead atoms. The van der Waals surface area contributed by atoms with Gasteiger partial charge in [-0.1, -0.05) is 38.1 Å². The van der Waals surface area contributed by atoms with Gasteiger partial charge < -0.3 is 5.73 Å². The smallest absolute Gasteiger partial charge is 0.0474 e. The third-order valence-electron chi connectivity index (χ3n) is 4.48. The Kier molecular flexibility index (Phi) is 4.39. The molecule has 0 amide bonds. The van der Waals surface area contributed by atoms with Crippen LogP contribution in [-0.4, -0.2) is 35.0 Å². The van der Waals surface area contributed by atoms with Crippen molar-refractivity contribution in [1.29, 1.82) is 0 Å². The molecule has 1 aliphatic carbocycles. The summed E-state index contributed by atoms with van der Waals surface area (Å²) in [5, 5.41) is 1.42. The summed E-state index contributed by atoms with van der Waals surface area (Å²) in [5.41, 5.74) is 9.21. The Morgan fingerprint density at radius 2 is 1.85 bits per heavy atom. The van der Waals surface area contributed by atoms with E-state index in [0.29, 0.717) is 16.5 Å². The first-order valence-electron chi connectivity index (χ1n) is 7.87. The van der Waals surface area contributed by atoms with Crippen molar-refractivity contribution < 1.29 is 0 Å². The van der Waals surface area contributed by atoms with E-state index in [0.717, 1.165) is 25.6 Å². The number of thioether (sulfide) groups is 1. The lowest BCUT2D eigenvalue weighted by Crippen LogP contribution is -2.45. The summed E-state index contributed by atoms with van der Waals surface area (Å²) >= 11 is 2.11. The van der Waals surface area contributed by atoms with Crippen molar-refractivity contribution in [2.24, 2.45) is 5.73 Å². The summed E-state index contributed by atoms with van der Waals surface area (Å²) in [4.78, 5) is 2.62. The molecule has 2 aliphatic rings. The Labute approximate surface area is 127 Å². The number of benzene rings is 1. The van der Waals surface area contributed by atoms with Gasteiger partial charge in [0, 0.05) is 36.2 Å². The summed E-state index contributed by atoms with van der Waals surface area (Å²) < 4.78 is 0. The lowest BCUT2D eigenvalue weighted by molar-refractivity contribution is 0.198. The van der Waals surface area contributed by atoms with Crippen LogP contribution in [0.15, 0.2) is 24.3 Å². The van der Waals surface area contributed by atoms with Gasteiger partial charge in [-0.15, -0.1) is 0 Å². The molecule has 2 nitrogen and oxygen atoms in total. The first kappa shape index (κ1) is 14.4. The molecule has 1 heterocycles. The number of nitrogens with zero attached hydrogens (tertiary/aromatic N) is 1. The van der Waals surface area contributed by atoms with Crippen molar-refractivity contribution in [3.63, 3.8) is 0 Å². The van der Waals surface area contributed by atoms with Gasteiger partial charge in [0.1, 0.15) is 0 Å². The molecule has 2 fully saturated rings. The summed E-state index contributed by atoms with van der Waals surface area (Å²) in [6.45, 7) is 7.74. The SMILES string of the molecule is CC1CN(C(CN)c2ccccc2C2CC2)CC(C)S1. The van der Waals surface area contributed by atoms with Crippen molar-refractivity contribution in [1.82, 2.24) is 4.90 Å². The summed E-state index contributed by atoms with van der Waals surface area (Å²) in [5.74, 6) is 0.800. The Hall–Kier alpha value is -0.510. The van der Waals surface area contributed by atoms with Crippen molar-refractivity contribution in [2.75, 3.05) is 19.6 Å². The van der Waals surface area contributed by atoms with Crippen LogP contribution in [0.2, 0.25) is 0 Å². The van der Waals surface area contributed by atoms with E-state index in [1.165, 1.54) is 18.4 Å². The van der Waals surface area contributed by atoms with Gasteiger partial charge in [-0.25, -0.2) is 0 Å². The first-order valence-corrected chi connectivity index (χ1v) is 8.81. The van der Waals surface area contributed by atoms with E-state index in [2.05, 4.69) is 54.8 Å². The summed E-state index contributed by atoms with van der Waals surface area (Å²) in [7, 11) is 0. The maximum atomic E-state index is 6.17. The van der Waals surface area contributed by atoms with E-state index < -0.39 is 0 Å².